The molecule has 0 atom stereocenters. The lowest BCUT2D eigenvalue weighted by molar-refractivity contribution is -0.142. The first-order valence-corrected chi connectivity index (χ1v) is 7.96. The molecule has 0 fully saturated rings. The number of carboxylic acid groups (broad SMARTS) is 1. The molecule has 0 unspecified atom stereocenters. The Morgan fingerprint density at radius 1 is 1.15 bits per heavy atom. The predicted octanol–water partition coefficient (Wildman–Crippen LogP) is 2.08. The maximum atomic E-state index is 12.3. The smallest absolute Gasteiger partial charge is 0.313 e. The van der Waals surface area contributed by atoms with Crippen molar-refractivity contribution in [1.82, 2.24) is 4.31 Å². The summed E-state index contributed by atoms with van der Waals surface area (Å²) in [6.45, 7) is 7.54. The third kappa shape index (κ3) is 3.02. The average molecular weight is 299 g/mol. The van der Waals surface area contributed by atoms with Gasteiger partial charge in [-0.3, -0.25) is 4.79 Å². The quantitative estimate of drug-likeness (QED) is 0.872. The van der Waals surface area contributed by atoms with Gasteiger partial charge in [-0.25, -0.2) is 8.42 Å². The molecule has 0 aliphatic rings. The minimum Gasteiger partial charge on any atom is -0.481 e. The van der Waals surface area contributed by atoms with Crippen molar-refractivity contribution in [3.05, 3.63) is 29.8 Å². The molecule has 6 heteroatoms. The van der Waals surface area contributed by atoms with E-state index in [2.05, 4.69) is 0 Å². The van der Waals surface area contributed by atoms with Crippen LogP contribution in [0.5, 0.6) is 0 Å². The molecule has 5 nitrogen and oxygen atoms in total. The number of nitrogens with zero attached hydrogens (tertiary/aromatic N) is 1. The highest BCUT2D eigenvalue weighted by Gasteiger charge is 2.30. The van der Waals surface area contributed by atoms with Crippen LogP contribution in [0.4, 0.5) is 0 Å². The van der Waals surface area contributed by atoms with E-state index in [0.717, 1.165) is 0 Å². The highest BCUT2D eigenvalue weighted by atomic mass is 32.2. The minimum atomic E-state index is -3.50. The van der Waals surface area contributed by atoms with Crippen molar-refractivity contribution >= 4 is 16.0 Å². The van der Waals surface area contributed by atoms with Crippen LogP contribution in [0.1, 0.15) is 33.3 Å². The molecule has 0 aromatic heterocycles. The van der Waals surface area contributed by atoms with Crippen molar-refractivity contribution in [3.63, 3.8) is 0 Å². The molecule has 0 heterocycles. The average Bonchev–Trinajstić information content (AvgIpc) is 2.39. The summed E-state index contributed by atoms with van der Waals surface area (Å²) in [4.78, 5) is 11.4. The molecule has 1 aromatic carbocycles. The molecule has 0 saturated carbocycles. The number of benzene rings is 1. The van der Waals surface area contributed by atoms with Gasteiger partial charge in [-0.15, -0.1) is 0 Å². The molecule has 0 aliphatic heterocycles. The standard InChI is InChI=1S/C14H21NO4S/c1-5-15(6-2)20(18,19)12-9-7-11(8-10-12)14(3,4)13(16)17/h7-10H,5-6H2,1-4H3,(H,16,17). The van der Waals surface area contributed by atoms with E-state index in [-0.39, 0.29) is 4.90 Å². The molecule has 0 saturated heterocycles. The topological polar surface area (TPSA) is 74.7 Å². The lowest BCUT2D eigenvalue weighted by atomic mass is 9.85. The summed E-state index contributed by atoms with van der Waals surface area (Å²) < 4.78 is 26.0. The van der Waals surface area contributed by atoms with Gasteiger partial charge in [0.1, 0.15) is 0 Å². The van der Waals surface area contributed by atoms with Crippen molar-refractivity contribution < 1.29 is 18.3 Å². The van der Waals surface area contributed by atoms with E-state index in [1.54, 1.807) is 39.8 Å². The maximum absolute atomic E-state index is 12.3. The summed E-state index contributed by atoms with van der Waals surface area (Å²) in [5.41, 5.74) is -0.471. The lowest BCUT2D eigenvalue weighted by Gasteiger charge is -2.21. The minimum absolute atomic E-state index is 0.186. The lowest BCUT2D eigenvalue weighted by Crippen LogP contribution is -2.31. The maximum Gasteiger partial charge on any atom is 0.313 e. The fraction of sp³-hybridized carbons (Fsp3) is 0.500. The molecule has 0 spiro atoms. The van der Waals surface area contributed by atoms with Gasteiger partial charge >= 0.3 is 5.97 Å². The van der Waals surface area contributed by atoms with Gasteiger partial charge in [0.15, 0.2) is 0 Å². The Bertz CT molecular complexity index is 572. The van der Waals surface area contributed by atoms with Crippen LogP contribution in [0.2, 0.25) is 0 Å². The third-order valence-corrected chi connectivity index (χ3v) is 5.52. The van der Waals surface area contributed by atoms with Crippen LogP contribution >= 0.6 is 0 Å². The number of hydrogen-bond donors (Lipinski definition) is 1. The zero-order valence-electron chi connectivity index (χ0n) is 12.3. The second-order valence-corrected chi connectivity index (χ2v) is 6.98. The van der Waals surface area contributed by atoms with E-state index in [1.807, 2.05) is 0 Å². The molecule has 0 bridgehead atoms. The highest BCUT2D eigenvalue weighted by molar-refractivity contribution is 7.89. The van der Waals surface area contributed by atoms with E-state index in [4.69, 9.17) is 5.11 Å². The Balaban J connectivity index is 3.18. The van der Waals surface area contributed by atoms with Crippen LogP contribution in [-0.4, -0.2) is 36.9 Å². The van der Waals surface area contributed by atoms with Gasteiger partial charge in [0, 0.05) is 13.1 Å². The Hall–Kier alpha value is -1.40. The van der Waals surface area contributed by atoms with Gasteiger partial charge in [-0.2, -0.15) is 4.31 Å². The number of rotatable bonds is 6. The molecule has 112 valence electrons. The van der Waals surface area contributed by atoms with Crippen LogP contribution in [-0.2, 0) is 20.2 Å². The zero-order chi connectivity index (χ0) is 15.6. The number of hydrogen-bond acceptors (Lipinski definition) is 3. The zero-order valence-corrected chi connectivity index (χ0v) is 13.1. The number of carbonyl (C=O) groups is 1. The second-order valence-electron chi connectivity index (χ2n) is 5.04. The molecule has 1 aromatic rings. The molecular formula is C14H21NO4S. The van der Waals surface area contributed by atoms with E-state index in [0.29, 0.717) is 18.7 Å². The number of aliphatic carboxylic acids is 1. The third-order valence-electron chi connectivity index (χ3n) is 3.45. The second kappa shape index (κ2) is 5.93. The van der Waals surface area contributed by atoms with Gasteiger partial charge in [-0.1, -0.05) is 26.0 Å². The van der Waals surface area contributed by atoms with Crippen LogP contribution in [0.15, 0.2) is 29.2 Å². The van der Waals surface area contributed by atoms with Crippen molar-refractivity contribution in [2.24, 2.45) is 0 Å². The SMILES string of the molecule is CCN(CC)S(=O)(=O)c1ccc(C(C)(C)C(=O)O)cc1. The van der Waals surface area contributed by atoms with Gasteiger partial charge in [0.25, 0.3) is 0 Å². The summed E-state index contributed by atoms with van der Waals surface area (Å²) in [6, 6.07) is 6.05. The fourth-order valence-electron chi connectivity index (χ4n) is 1.88. The van der Waals surface area contributed by atoms with E-state index in [1.165, 1.54) is 16.4 Å². The summed E-state index contributed by atoms with van der Waals surface area (Å²) >= 11 is 0. The summed E-state index contributed by atoms with van der Waals surface area (Å²) in [7, 11) is -3.50. The van der Waals surface area contributed by atoms with Crippen molar-refractivity contribution in [2.45, 2.75) is 38.0 Å². The summed E-state index contributed by atoms with van der Waals surface area (Å²) in [5, 5.41) is 9.16. The molecular weight excluding hydrogens is 278 g/mol. The Labute approximate surface area is 120 Å². The first-order valence-electron chi connectivity index (χ1n) is 6.52. The Morgan fingerprint density at radius 3 is 1.95 bits per heavy atom. The van der Waals surface area contributed by atoms with Gasteiger partial charge in [-0.05, 0) is 31.5 Å². The first kappa shape index (κ1) is 16.7. The molecule has 0 amide bonds. The van der Waals surface area contributed by atoms with Crippen LogP contribution in [0.25, 0.3) is 0 Å². The van der Waals surface area contributed by atoms with Crippen molar-refractivity contribution in [1.29, 1.82) is 0 Å². The number of sulfonamides is 1. The summed E-state index contributed by atoms with van der Waals surface area (Å²) in [6.07, 6.45) is 0. The first-order chi connectivity index (χ1) is 9.17. The van der Waals surface area contributed by atoms with Crippen LogP contribution in [0, 0.1) is 0 Å². The van der Waals surface area contributed by atoms with E-state index >= 15 is 0 Å². The van der Waals surface area contributed by atoms with Crippen LogP contribution in [0.3, 0.4) is 0 Å². The molecule has 20 heavy (non-hydrogen) atoms. The Kier molecular flexibility index (Phi) is 4.94. The van der Waals surface area contributed by atoms with Crippen LogP contribution < -0.4 is 0 Å². The summed E-state index contributed by atoms with van der Waals surface area (Å²) in [5.74, 6) is -0.947. The van der Waals surface area contributed by atoms with E-state index in [9.17, 15) is 13.2 Å². The highest BCUT2D eigenvalue weighted by Crippen LogP contribution is 2.25. The van der Waals surface area contributed by atoms with E-state index < -0.39 is 21.4 Å². The Morgan fingerprint density at radius 2 is 1.60 bits per heavy atom. The predicted molar refractivity (Wildman–Crippen MR) is 77.2 cm³/mol. The van der Waals surface area contributed by atoms with Crippen molar-refractivity contribution in [2.75, 3.05) is 13.1 Å². The fourth-order valence-corrected chi connectivity index (χ4v) is 3.34. The van der Waals surface area contributed by atoms with Gasteiger partial charge in [0.05, 0.1) is 10.3 Å². The molecule has 1 rings (SSSR count). The largest absolute Gasteiger partial charge is 0.481 e. The normalized spacial score (nSPS) is 12.7. The monoisotopic (exact) mass is 299 g/mol. The van der Waals surface area contributed by atoms with Gasteiger partial charge < -0.3 is 5.11 Å². The molecule has 0 radical (unpaired) electrons. The molecule has 1 N–H and O–H groups in total. The number of carboxylic acids is 1. The van der Waals surface area contributed by atoms with Gasteiger partial charge in [0.2, 0.25) is 10.0 Å². The molecule has 0 aliphatic carbocycles. The van der Waals surface area contributed by atoms with Crippen molar-refractivity contribution in [3.8, 4) is 0 Å².